The first-order valence-corrected chi connectivity index (χ1v) is 4.86. The standard InChI is InChI=1S/C9H9ClF4N2/c1-16(5-9(12,13)14)8-7(11)6(4-10)2-3-15-8/h2-3H,4-5H2,1H3. The molecule has 0 saturated carbocycles. The smallest absolute Gasteiger partial charge is 0.348 e. The highest BCUT2D eigenvalue weighted by atomic mass is 35.5. The van der Waals surface area contributed by atoms with Crippen molar-refractivity contribution in [1.82, 2.24) is 4.98 Å². The van der Waals surface area contributed by atoms with Gasteiger partial charge in [-0.15, -0.1) is 11.6 Å². The third kappa shape index (κ3) is 3.23. The van der Waals surface area contributed by atoms with E-state index in [0.717, 1.165) is 7.05 Å². The molecule has 0 radical (unpaired) electrons. The molecule has 0 spiro atoms. The lowest BCUT2D eigenvalue weighted by molar-refractivity contribution is -0.119. The summed E-state index contributed by atoms with van der Waals surface area (Å²) in [5.74, 6) is -1.28. The molecule has 0 aliphatic carbocycles. The molecule has 0 N–H and O–H groups in total. The van der Waals surface area contributed by atoms with Gasteiger partial charge in [0.05, 0.1) is 5.88 Å². The third-order valence-corrected chi connectivity index (χ3v) is 2.16. The van der Waals surface area contributed by atoms with Crippen LogP contribution in [0.3, 0.4) is 0 Å². The molecule has 0 amide bonds. The van der Waals surface area contributed by atoms with Gasteiger partial charge >= 0.3 is 6.18 Å². The number of pyridine rings is 1. The van der Waals surface area contributed by atoms with E-state index in [-0.39, 0.29) is 17.3 Å². The average molecular weight is 257 g/mol. The molecule has 0 aliphatic rings. The van der Waals surface area contributed by atoms with Crippen LogP contribution in [0.4, 0.5) is 23.4 Å². The Morgan fingerprint density at radius 1 is 1.44 bits per heavy atom. The number of nitrogens with zero attached hydrogens (tertiary/aromatic N) is 2. The van der Waals surface area contributed by atoms with Crippen LogP contribution >= 0.6 is 11.6 Å². The van der Waals surface area contributed by atoms with Crippen molar-refractivity contribution in [2.75, 3.05) is 18.5 Å². The maximum absolute atomic E-state index is 13.5. The summed E-state index contributed by atoms with van der Waals surface area (Å²) in [6.07, 6.45) is -3.18. The van der Waals surface area contributed by atoms with Gasteiger partial charge in [-0.25, -0.2) is 9.37 Å². The van der Waals surface area contributed by atoms with Crippen LogP contribution in [0.1, 0.15) is 5.56 Å². The minimum Gasteiger partial charge on any atom is -0.348 e. The first kappa shape index (κ1) is 13.0. The van der Waals surface area contributed by atoms with Crippen molar-refractivity contribution >= 4 is 17.4 Å². The quantitative estimate of drug-likeness (QED) is 0.611. The maximum atomic E-state index is 13.5. The van der Waals surface area contributed by atoms with Crippen molar-refractivity contribution in [3.63, 3.8) is 0 Å². The lowest BCUT2D eigenvalue weighted by Crippen LogP contribution is -2.32. The highest BCUT2D eigenvalue weighted by Gasteiger charge is 2.30. The fourth-order valence-corrected chi connectivity index (χ4v) is 1.39. The molecule has 2 nitrogen and oxygen atoms in total. The molecule has 90 valence electrons. The molecular weight excluding hydrogens is 248 g/mol. The summed E-state index contributed by atoms with van der Waals surface area (Å²) in [5.41, 5.74) is 0.126. The second-order valence-corrected chi connectivity index (χ2v) is 3.48. The van der Waals surface area contributed by atoms with Crippen LogP contribution in [0, 0.1) is 5.82 Å². The van der Waals surface area contributed by atoms with Crippen LogP contribution in [0.25, 0.3) is 0 Å². The first-order chi connectivity index (χ1) is 7.35. The molecule has 1 rings (SSSR count). The second kappa shape index (κ2) is 4.86. The fourth-order valence-electron chi connectivity index (χ4n) is 1.18. The normalized spacial score (nSPS) is 11.6. The summed E-state index contributed by atoms with van der Waals surface area (Å²) in [5, 5.41) is 0. The minimum atomic E-state index is -4.40. The highest BCUT2D eigenvalue weighted by molar-refractivity contribution is 6.17. The van der Waals surface area contributed by atoms with Crippen LogP contribution < -0.4 is 4.90 Å². The Hall–Kier alpha value is -1.04. The van der Waals surface area contributed by atoms with E-state index < -0.39 is 18.5 Å². The monoisotopic (exact) mass is 256 g/mol. The maximum Gasteiger partial charge on any atom is 0.405 e. The molecule has 7 heteroatoms. The van der Waals surface area contributed by atoms with Crippen molar-refractivity contribution in [3.05, 3.63) is 23.6 Å². The van der Waals surface area contributed by atoms with E-state index in [2.05, 4.69) is 4.98 Å². The van der Waals surface area contributed by atoms with Crippen LogP contribution in [-0.2, 0) is 5.88 Å². The summed E-state index contributed by atoms with van der Waals surface area (Å²) in [4.78, 5) is 4.26. The summed E-state index contributed by atoms with van der Waals surface area (Å²) in [6.45, 7) is -1.26. The summed E-state index contributed by atoms with van der Waals surface area (Å²) in [7, 11) is 1.12. The van der Waals surface area contributed by atoms with E-state index in [1.807, 2.05) is 0 Å². The summed E-state index contributed by atoms with van der Waals surface area (Å²) < 4.78 is 49.8. The van der Waals surface area contributed by atoms with Gasteiger partial charge in [0.25, 0.3) is 0 Å². The molecule has 0 aliphatic heterocycles. The largest absolute Gasteiger partial charge is 0.405 e. The molecule has 0 aromatic carbocycles. The Morgan fingerprint density at radius 2 is 2.06 bits per heavy atom. The number of anilines is 1. The van der Waals surface area contributed by atoms with Crippen molar-refractivity contribution in [2.24, 2.45) is 0 Å². The topological polar surface area (TPSA) is 16.1 Å². The van der Waals surface area contributed by atoms with E-state index in [1.54, 1.807) is 0 Å². The molecular formula is C9H9ClF4N2. The van der Waals surface area contributed by atoms with Gasteiger partial charge in [0.1, 0.15) is 6.54 Å². The highest BCUT2D eigenvalue weighted by Crippen LogP contribution is 2.23. The Bertz CT molecular complexity index is 367. The van der Waals surface area contributed by atoms with Gasteiger partial charge in [-0.05, 0) is 6.07 Å². The van der Waals surface area contributed by atoms with Crippen LogP contribution in [-0.4, -0.2) is 24.8 Å². The predicted octanol–water partition coefficient (Wildman–Crippen LogP) is 2.96. The zero-order chi connectivity index (χ0) is 12.3. The van der Waals surface area contributed by atoms with Crippen molar-refractivity contribution < 1.29 is 17.6 Å². The Morgan fingerprint density at radius 3 is 2.56 bits per heavy atom. The number of halogens is 5. The number of hydrogen-bond donors (Lipinski definition) is 0. The van der Waals surface area contributed by atoms with Gasteiger partial charge in [-0.3, -0.25) is 0 Å². The molecule has 1 aromatic heterocycles. The lowest BCUT2D eigenvalue weighted by atomic mass is 10.2. The van der Waals surface area contributed by atoms with Crippen molar-refractivity contribution in [2.45, 2.75) is 12.1 Å². The molecule has 1 aromatic rings. The van der Waals surface area contributed by atoms with E-state index in [0.29, 0.717) is 4.90 Å². The molecule has 0 fully saturated rings. The molecule has 0 atom stereocenters. The molecule has 16 heavy (non-hydrogen) atoms. The minimum absolute atomic E-state index is 0.110. The first-order valence-electron chi connectivity index (χ1n) is 4.32. The Labute approximate surface area is 94.8 Å². The van der Waals surface area contributed by atoms with Crippen LogP contribution in [0.15, 0.2) is 12.3 Å². The van der Waals surface area contributed by atoms with Crippen molar-refractivity contribution in [1.29, 1.82) is 0 Å². The van der Waals surface area contributed by atoms with Gasteiger partial charge in [0.15, 0.2) is 11.6 Å². The average Bonchev–Trinajstić information content (AvgIpc) is 2.15. The second-order valence-electron chi connectivity index (χ2n) is 3.21. The van der Waals surface area contributed by atoms with E-state index in [1.165, 1.54) is 12.3 Å². The zero-order valence-corrected chi connectivity index (χ0v) is 9.11. The number of rotatable bonds is 3. The SMILES string of the molecule is CN(CC(F)(F)F)c1nccc(CCl)c1F. The van der Waals surface area contributed by atoms with Gasteiger partial charge in [-0.1, -0.05) is 0 Å². The van der Waals surface area contributed by atoms with Crippen LogP contribution in [0.2, 0.25) is 0 Å². The Balaban J connectivity index is 2.95. The number of hydrogen-bond acceptors (Lipinski definition) is 2. The third-order valence-electron chi connectivity index (χ3n) is 1.87. The fraction of sp³-hybridized carbons (Fsp3) is 0.444. The van der Waals surface area contributed by atoms with Gasteiger partial charge in [0, 0.05) is 18.8 Å². The van der Waals surface area contributed by atoms with E-state index in [4.69, 9.17) is 11.6 Å². The van der Waals surface area contributed by atoms with E-state index in [9.17, 15) is 17.6 Å². The van der Waals surface area contributed by atoms with E-state index >= 15 is 0 Å². The zero-order valence-electron chi connectivity index (χ0n) is 8.35. The Kier molecular flexibility index (Phi) is 3.96. The molecule has 0 unspecified atom stereocenters. The predicted molar refractivity (Wildman–Crippen MR) is 53.1 cm³/mol. The van der Waals surface area contributed by atoms with Crippen LogP contribution in [0.5, 0.6) is 0 Å². The number of alkyl halides is 4. The van der Waals surface area contributed by atoms with Gasteiger partial charge < -0.3 is 4.90 Å². The molecule has 0 saturated heterocycles. The van der Waals surface area contributed by atoms with Gasteiger partial charge in [-0.2, -0.15) is 13.2 Å². The summed E-state index contributed by atoms with van der Waals surface area (Å²) >= 11 is 5.43. The van der Waals surface area contributed by atoms with Crippen molar-refractivity contribution in [3.8, 4) is 0 Å². The van der Waals surface area contributed by atoms with Gasteiger partial charge in [0.2, 0.25) is 0 Å². The summed E-state index contributed by atoms with van der Waals surface area (Å²) in [6, 6.07) is 1.33. The lowest BCUT2D eigenvalue weighted by Gasteiger charge is -2.20. The molecule has 0 bridgehead atoms. The molecule has 1 heterocycles. The number of aromatic nitrogens is 1.